The minimum Gasteiger partial charge on any atom is -0.478 e. The van der Waals surface area contributed by atoms with Crippen molar-refractivity contribution in [3.05, 3.63) is 29.6 Å². The summed E-state index contributed by atoms with van der Waals surface area (Å²) in [5.41, 5.74) is 0.109. The molecule has 0 bridgehead atoms. The maximum absolute atomic E-state index is 11.7. The van der Waals surface area contributed by atoms with Gasteiger partial charge in [-0.05, 0) is 31.4 Å². The molecule has 3 N–H and O–H groups in total. The molecule has 1 atom stereocenters. The lowest BCUT2D eigenvalue weighted by Gasteiger charge is -2.08. The van der Waals surface area contributed by atoms with Crippen LogP contribution in [0.25, 0.3) is 0 Å². The molecule has 104 valence electrons. The van der Waals surface area contributed by atoms with E-state index >= 15 is 0 Å². The Hall–Kier alpha value is -1.95. The maximum atomic E-state index is 11.7. The van der Waals surface area contributed by atoms with Crippen molar-refractivity contribution < 1.29 is 19.8 Å². The van der Waals surface area contributed by atoms with Gasteiger partial charge in [0.15, 0.2) is 0 Å². The van der Waals surface area contributed by atoms with E-state index in [1.807, 2.05) is 6.92 Å². The van der Waals surface area contributed by atoms with Gasteiger partial charge in [0, 0.05) is 12.7 Å². The predicted octanol–water partition coefficient (Wildman–Crippen LogP) is 1.06. The van der Waals surface area contributed by atoms with E-state index in [1.54, 1.807) is 0 Å². The average molecular weight is 266 g/mol. The minimum absolute atomic E-state index is 0.0292. The number of carboxylic acids is 1. The summed E-state index contributed by atoms with van der Waals surface area (Å²) in [4.78, 5) is 26.3. The van der Waals surface area contributed by atoms with E-state index in [1.165, 1.54) is 18.3 Å². The zero-order valence-electron chi connectivity index (χ0n) is 10.8. The van der Waals surface area contributed by atoms with Gasteiger partial charge in [0.2, 0.25) is 0 Å². The molecule has 0 saturated heterocycles. The number of aliphatic hydroxyl groups is 1. The van der Waals surface area contributed by atoms with E-state index in [0.717, 1.165) is 0 Å². The van der Waals surface area contributed by atoms with Gasteiger partial charge in [0.1, 0.15) is 5.69 Å². The van der Waals surface area contributed by atoms with Crippen LogP contribution in [0.3, 0.4) is 0 Å². The SMILES string of the molecule is CCC(O)CCCNC(=O)c1cc(C(=O)O)ccn1. The Labute approximate surface area is 111 Å². The Bertz CT molecular complexity index is 448. The van der Waals surface area contributed by atoms with Crippen molar-refractivity contribution in [2.75, 3.05) is 6.54 Å². The van der Waals surface area contributed by atoms with Crippen molar-refractivity contribution >= 4 is 11.9 Å². The molecule has 6 nitrogen and oxygen atoms in total. The van der Waals surface area contributed by atoms with E-state index in [2.05, 4.69) is 10.3 Å². The third kappa shape index (κ3) is 5.05. The maximum Gasteiger partial charge on any atom is 0.335 e. The molecule has 0 aromatic carbocycles. The van der Waals surface area contributed by atoms with Crippen molar-refractivity contribution in [1.82, 2.24) is 10.3 Å². The summed E-state index contributed by atoms with van der Waals surface area (Å²) >= 11 is 0. The topological polar surface area (TPSA) is 99.5 Å². The Morgan fingerprint density at radius 2 is 2.21 bits per heavy atom. The highest BCUT2D eigenvalue weighted by molar-refractivity contribution is 5.95. The number of aromatic carboxylic acids is 1. The third-order valence-electron chi connectivity index (χ3n) is 2.71. The number of rotatable bonds is 7. The molecule has 1 rings (SSSR count). The standard InChI is InChI=1S/C13H18N2O4/c1-2-10(16)4-3-6-15-12(17)11-8-9(13(18)19)5-7-14-11/h5,7-8,10,16H,2-4,6H2,1H3,(H,15,17)(H,18,19). The molecule has 0 aliphatic carbocycles. The lowest BCUT2D eigenvalue weighted by molar-refractivity contribution is 0.0696. The highest BCUT2D eigenvalue weighted by atomic mass is 16.4. The van der Waals surface area contributed by atoms with Crippen LogP contribution in [0, 0.1) is 0 Å². The normalized spacial score (nSPS) is 11.9. The second kappa shape index (κ2) is 7.48. The number of aliphatic hydroxyl groups excluding tert-OH is 1. The second-order valence-corrected chi connectivity index (χ2v) is 4.20. The van der Waals surface area contributed by atoms with Gasteiger partial charge in [0.05, 0.1) is 11.7 Å². The Kier molecular flexibility index (Phi) is 5.95. The van der Waals surface area contributed by atoms with Gasteiger partial charge in [-0.25, -0.2) is 4.79 Å². The first-order chi connectivity index (χ1) is 9.04. The number of carbonyl (C=O) groups is 2. The largest absolute Gasteiger partial charge is 0.478 e. The molecular formula is C13H18N2O4. The lowest BCUT2D eigenvalue weighted by atomic mass is 10.1. The highest BCUT2D eigenvalue weighted by Crippen LogP contribution is 2.03. The summed E-state index contributed by atoms with van der Waals surface area (Å²) in [6.07, 6.45) is 2.93. The number of hydrogen-bond acceptors (Lipinski definition) is 4. The molecule has 19 heavy (non-hydrogen) atoms. The third-order valence-corrected chi connectivity index (χ3v) is 2.71. The number of carbonyl (C=O) groups excluding carboxylic acids is 1. The molecule has 0 aliphatic rings. The van der Waals surface area contributed by atoms with Crippen molar-refractivity contribution in [1.29, 1.82) is 0 Å². The zero-order valence-corrected chi connectivity index (χ0v) is 10.8. The van der Waals surface area contributed by atoms with Crippen LogP contribution in [0.4, 0.5) is 0 Å². The van der Waals surface area contributed by atoms with Crippen LogP contribution in [-0.2, 0) is 0 Å². The van der Waals surface area contributed by atoms with Gasteiger partial charge >= 0.3 is 5.97 Å². The fraction of sp³-hybridized carbons (Fsp3) is 0.462. The molecule has 0 fully saturated rings. The van der Waals surface area contributed by atoms with Crippen LogP contribution in [0.1, 0.15) is 47.0 Å². The molecule has 1 heterocycles. The number of nitrogens with zero attached hydrogens (tertiary/aromatic N) is 1. The summed E-state index contributed by atoms with van der Waals surface area (Å²) < 4.78 is 0. The fourth-order valence-electron chi connectivity index (χ4n) is 1.52. The number of hydrogen-bond donors (Lipinski definition) is 3. The number of aromatic nitrogens is 1. The summed E-state index contributed by atoms with van der Waals surface area (Å²) in [6.45, 7) is 2.32. The highest BCUT2D eigenvalue weighted by Gasteiger charge is 2.10. The first-order valence-corrected chi connectivity index (χ1v) is 6.20. The summed E-state index contributed by atoms with van der Waals surface area (Å²) in [5.74, 6) is -1.50. The molecule has 0 spiro atoms. The van der Waals surface area contributed by atoms with Gasteiger partial charge < -0.3 is 15.5 Å². The van der Waals surface area contributed by atoms with Crippen LogP contribution >= 0.6 is 0 Å². The molecule has 0 saturated carbocycles. The van der Waals surface area contributed by atoms with Gasteiger partial charge in [0.25, 0.3) is 5.91 Å². The van der Waals surface area contributed by atoms with E-state index in [4.69, 9.17) is 5.11 Å². The van der Waals surface area contributed by atoms with Gasteiger partial charge in [-0.1, -0.05) is 6.92 Å². The summed E-state index contributed by atoms with van der Waals surface area (Å²) in [5, 5.41) is 20.8. The van der Waals surface area contributed by atoms with Crippen LogP contribution in [0.5, 0.6) is 0 Å². The van der Waals surface area contributed by atoms with Gasteiger partial charge in [-0.2, -0.15) is 0 Å². The van der Waals surface area contributed by atoms with E-state index in [-0.39, 0.29) is 17.4 Å². The first kappa shape index (κ1) is 15.1. The smallest absolute Gasteiger partial charge is 0.335 e. The number of pyridine rings is 1. The van der Waals surface area contributed by atoms with Gasteiger partial charge in [-0.15, -0.1) is 0 Å². The molecule has 0 radical (unpaired) electrons. The monoisotopic (exact) mass is 266 g/mol. The Balaban J connectivity index is 2.45. The molecule has 1 aromatic heterocycles. The van der Waals surface area contributed by atoms with E-state index in [0.29, 0.717) is 25.8 Å². The molecule has 6 heteroatoms. The molecule has 0 aliphatic heterocycles. The predicted molar refractivity (Wildman–Crippen MR) is 69.1 cm³/mol. The summed E-state index contributed by atoms with van der Waals surface area (Å²) in [7, 11) is 0. The van der Waals surface area contributed by atoms with Crippen molar-refractivity contribution in [2.45, 2.75) is 32.3 Å². The van der Waals surface area contributed by atoms with E-state index < -0.39 is 11.9 Å². The van der Waals surface area contributed by atoms with Crippen LogP contribution < -0.4 is 5.32 Å². The second-order valence-electron chi connectivity index (χ2n) is 4.20. The molecule has 1 amide bonds. The van der Waals surface area contributed by atoms with Crippen molar-refractivity contribution in [3.63, 3.8) is 0 Å². The zero-order chi connectivity index (χ0) is 14.3. The minimum atomic E-state index is -1.09. The quantitative estimate of drug-likeness (QED) is 0.641. The van der Waals surface area contributed by atoms with Crippen LogP contribution in [0.15, 0.2) is 18.3 Å². The Morgan fingerprint density at radius 1 is 1.47 bits per heavy atom. The van der Waals surface area contributed by atoms with Crippen LogP contribution in [0.2, 0.25) is 0 Å². The van der Waals surface area contributed by atoms with Crippen LogP contribution in [-0.4, -0.2) is 39.7 Å². The molecule has 1 unspecified atom stereocenters. The first-order valence-electron chi connectivity index (χ1n) is 6.20. The van der Waals surface area contributed by atoms with E-state index in [9.17, 15) is 14.7 Å². The lowest BCUT2D eigenvalue weighted by Crippen LogP contribution is -2.26. The molecular weight excluding hydrogens is 248 g/mol. The Morgan fingerprint density at radius 3 is 2.84 bits per heavy atom. The number of amides is 1. The average Bonchev–Trinajstić information content (AvgIpc) is 2.43. The molecule has 1 aromatic rings. The van der Waals surface area contributed by atoms with Crippen molar-refractivity contribution in [3.8, 4) is 0 Å². The number of carboxylic acid groups (broad SMARTS) is 1. The fourth-order valence-corrected chi connectivity index (χ4v) is 1.52. The summed E-state index contributed by atoms with van der Waals surface area (Å²) in [6, 6.07) is 2.56. The van der Waals surface area contributed by atoms with Gasteiger partial charge in [-0.3, -0.25) is 9.78 Å². The number of nitrogens with one attached hydrogen (secondary N) is 1. The van der Waals surface area contributed by atoms with Crippen molar-refractivity contribution in [2.24, 2.45) is 0 Å².